The molecule has 5 nitrogen and oxygen atoms in total. The first-order chi connectivity index (χ1) is 10.9. The van der Waals surface area contributed by atoms with Crippen molar-refractivity contribution >= 4 is 40.4 Å². The molecule has 23 heavy (non-hydrogen) atoms. The summed E-state index contributed by atoms with van der Waals surface area (Å²) in [6.45, 7) is 2.48. The van der Waals surface area contributed by atoms with E-state index < -0.39 is 5.91 Å². The second-order valence-corrected chi connectivity index (χ2v) is 7.03. The molecule has 0 radical (unpaired) electrons. The van der Waals surface area contributed by atoms with Crippen LogP contribution in [0, 0.1) is 0 Å². The van der Waals surface area contributed by atoms with Crippen molar-refractivity contribution in [2.24, 2.45) is 5.73 Å². The summed E-state index contributed by atoms with van der Waals surface area (Å²) in [6, 6.07) is 9.97. The molecule has 0 fully saturated rings. The number of hydrogen-bond donors (Lipinski definition) is 2. The summed E-state index contributed by atoms with van der Waals surface area (Å²) in [7, 11) is 1.88. The van der Waals surface area contributed by atoms with Crippen LogP contribution in [-0.2, 0) is 11.3 Å². The Morgan fingerprint density at radius 3 is 2.43 bits per heavy atom. The molecule has 1 aromatic heterocycles. The van der Waals surface area contributed by atoms with Gasteiger partial charge >= 0.3 is 0 Å². The summed E-state index contributed by atoms with van der Waals surface area (Å²) in [5, 5.41) is 2.82. The molecule has 3 N–H and O–H groups in total. The Morgan fingerprint density at radius 1 is 1.26 bits per heavy atom. The number of primary amides is 1. The van der Waals surface area contributed by atoms with E-state index in [-0.39, 0.29) is 11.9 Å². The molecular weight excluding hydrogens is 334 g/mol. The number of nitrogens with zero attached hydrogens (tertiary/aromatic N) is 1. The molecule has 7 heteroatoms. The molecule has 2 aromatic rings. The number of amides is 2. The van der Waals surface area contributed by atoms with Gasteiger partial charge in [0, 0.05) is 22.7 Å². The van der Waals surface area contributed by atoms with Crippen molar-refractivity contribution in [3.05, 3.63) is 51.2 Å². The molecule has 2 amide bonds. The van der Waals surface area contributed by atoms with E-state index in [9.17, 15) is 9.59 Å². The Kier molecular flexibility index (Phi) is 5.76. The molecule has 1 heterocycles. The van der Waals surface area contributed by atoms with Gasteiger partial charge < -0.3 is 11.1 Å². The van der Waals surface area contributed by atoms with Crippen LogP contribution in [0.4, 0.5) is 5.69 Å². The highest BCUT2D eigenvalue weighted by molar-refractivity contribution is 7.16. The number of hydrogen-bond acceptors (Lipinski definition) is 4. The van der Waals surface area contributed by atoms with E-state index in [1.807, 2.05) is 31.0 Å². The zero-order chi connectivity index (χ0) is 17.0. The van der Waals surface area contributed by atoms with Crippen molar-refractivity contribution in [1.29, 1.82) is 0 Å². The van der Waals surface area contributed by atoms with Crippen LogP contribution in [0.2, 0.25) is 4.34 Å². The Bertz CT molecular complexity index is 700. The van der Waals surface area contributed by atoms with Crippen molar-refractivity contribution in [2.75, 3.05) is 12.4 Å². The van der Waals surface area contributed by atoms with Gasteiger partial charge in [-0.15, -0.1) is 11.3 Å². The van der Waals surface area contributed by atoms with Crippen LogP contribution in [0.5, 0.6) is 0 Å². The lowest BCUT2D eigenvalue weighted by molar-refractivity contribution is -0.120. The lowest BCUT2D eigenvalue weighted by Crippen LogP contribution is -2.39. The zero-order valence-electron chi connectivity index (χ0n) is 12.9. The molecule has 0 spiro atoms. The van der Waals surface area contributed by atoms with Crippen molar-refractivity contribution in [3.8, 4) is 0 Å². The van der Waals surface area contributed by atoms with Gasteiger partial charge in [0.25, 0.3) is 0 Å². The first-order valence-corrected chi connectivity index (χ1v) is 8.21. The molecule has 0 bridgehead atoms. The third kappa shape index (κ3) is 4.79. The highest BCUT2D eigenvalue weighted by Crippen LogP contribution is 2.23. The second-order valence-electron chi connectivity index (χ2n) is 5.23. The van der Waals surface area contributed by atoms with E-state index in [4.69, 9.17) is 17.3 Å². The van der Waals surface area contributed by atoms with Gasteiger partial charge in [-0.25, -0.2) is 0 Å². The number of halogens is 1. The SMILES string of the molecule is CC(C(=O)Nc1ccc(C(N)=O)cc1)N(C)Cc1ccc(Cl)s1. The number of likely N-dealkylation sites (N-methyl/N-ethyl adjacent to an activating group) is 1. The molecule has 1 aromatic carbocycles. The fraction of sp³-hybridized carbons (Fsp3) is 0.250. The van der Waals surface area contributed by atoms with E-state index in [0.717, 1.165) is 9.21 Å². The smallest absolute Gasteiger partial charge is 0.248 e. The quantitative estimate of drug-likeness (QED) is 0.840. The van der Waals surface area contributed by atoms with Crippen LogP contribution in [0.3, 0.4) is 0 Å². The van der Waals surface area contributed by atoms with Gasteiger partial charge in [-0.2, -0.15) is 0 Å². The molecule has 0 saturated heterocycles. The van der Waals surface area contributed by atoms with Gasteiger partial charge in [0.15, 0.2) is 0 Å². The third-order valence-electron chi connectivity index (χ3n) is 3.51. The van der Waals surface area contributed by atoms with Gasteiger partial charge in [-0.1, -0.05) is 11.6 Å². The number of anilines is 1. The predicted octanol–water partition coefficient (Wildman–Crippen LogP) is 2.96. The Balaban J connectivity index is 1.94. The number of benzene rings is 1. The summed E-state index contributed by atoms with van der Waals surface area (Å²) in [5.41, 5.74) is 6.22. The molecule has 1 unspecified atom stereocenters. The number of nitrogens with two attached hydrogens (primary N) is 1. The molecule has 122 valence electrons. The molecular formula is C16H18ClN3O2S. The lowest BCUT2D eigenvalue weighted by Gasteiger charge is -2.23. The van der Waals surface area contributed by atoms with Gasteiger partial charge in [-0.3, -0.25) is 14.5 Å². The molecule has 0 aliphatic rings. The Labute approximate surface area is 144 Å². The van der Waals surface area contributed by atoms with E-state index in [2.05, 4.69) is 5.32 Å². The van der Waals surface area contributed by atoms with Gasteiger partial charge in [0.05, 0.1) is 10.4 Å². The van der Waals surface area contributed by atoms with E-state index in [1.165, 1.54) is 11.3 Å². The van der Waals surface area contributed by atoms with Crippen LogP contribution < -0.4 is 11.1 Å². The molecule has 1 atom stereocenters. The van der Waals surface area contributed by atoms with Crippen molar-refractivity contribution in [1.82, 2.24) is 4.90 Å². The summed E-state index contributed by atoms with van der Waals surface area (Å²) in [4.78, 5) is 26.4. The van der Waals surface area contributed by atoms with E-state index in [1.54, 1.807) is 24.3 Å². The van der Waals surface area contributed by atoms with Crippen molar-refractivity contribution in [3.63, 3.8) is 0 Å². The van der Waals surface area contributed by atoms with Crippen molar-refractivity contribution in [2.45, 2.75) is 19.5 Å². The predicted molar refractivity (Wildman–Crippen MR) is 93.8 cm³/mol. The van der Waals surface area contributed by atoms with Crippen molar-refractivity contribution < 1.29 is 9.59 Å². The molecule has 2 rings (SSSR count). The standard InChI is InChI=1S/C16H18ClN3O2S/c1-10(20(2)9-13-7-8-14(17)23-13)16(22)19-12-5-3-11(4-6-12)15(18)21/h3-8,10H,9H2,1-2H3,(H2,18,21)(H,19,22). The first kappa shape index (κ1) is 17.5. The average molecular weight is 352 g/mol. The fourth-order valence-corrected chi connectivity index (χ4v) is 3.14. The highest BCUT2D eigenvalue weighted by atomic mass is 35.5. The summed E-state index contributed by atoms with van der Waals surface area (Å²) < 4.78 is 0.736. The minimum atomic E-state index is -0.495. The van der Waals surface area contributed by atoms with Crippen LogP contribution in [0.1, 0.15) is 22.2 Å². The summed E-state index contributed by atoms with van der Waals surface area (Å²) in [5.74, 6) is -0.618. The van der Waals surface area contributed by atoms with Crippen LogP contribution in [0.25, 0.3) is 0 Å². The number of carbonyl (C=O) groups excluding carboxylic acids is 2. The summed E-state index contributed by atoms with van der Waals surface area (Å²) >= 11 is 7.42. The number of nitrogens with one attached hydrogen (secondary N) is 1. The van der Waals surface area contributed by atoms with Crippen LogP contribution >= 0.6 is 22.9 Å². The largest absolute Gasteiger partial charge is 0.366 e. The van der Waals surface area contributed by atoms with Crippen LogP contribution in [0.15, 0.2) is 36.4 Å². The maximum atomic E-state index is 12.3. The number of rotatable bonds is 6. The monoisotopic (exact) mass is 351 g/mol. The second kappa shape index (κ2) is 7.59. The van der Waals surface area contributed by atoms with Gasteiger partial charge in [0.2, 0.25) is 11.8 Å². The van der Waals surface area contributed by atoms with E-state index >= 15 is 0 Å². The average Bonchev–Trinajstić information content (AvgIpc) is 2.92. The summed E-state index contributed by atoms with van der Waals surface area (Å²) in [6.07, 6.45) is 0. The highest BCUT2D eigenvalue weighted by Gasteiger charge is 2.19. The Hall–Kier alpha value is -1.89. The van der Waals surface area contributed by atoms with Crippen LogP contribution in [-0.4, -0.2) is 29.8 Å². The number of thiophene rings is 1. The topological polar surface area (TPSA) is 75.4 Å². The van der Waals surface area contributed by atoms with Gasteiger partial charge in [0.1, 0.15) is 0 Å². The molecule has 0 aliphatic heterocycles. The fourth-order valence-electron chi connectivity index (χ4n) is 1.98. The zero-order valence-corrected chi connectivity index (χ0v) is 14.4. The first-order valence-electron chi connectivity index (χ1n) is 7.02. The molecule has 0 aliphatic carbocycles. The maximum Gasteiger partial charge on any atom is 0.248 e. The minimum absolute atomic E-state index is 0.123. The Morgan fingerprint density at radius 2 is 1.91 bits per heavy atom. The lowest BCUT2D eigenvalue weighted by atomic mass is 10.2. The normalized spacial score (nSPS) is 12.2. The minimum Gasteiger partial charge on any atom is -0.366 e. The van der Waals surface area contributed by atoms with Gasteiger partial charge in [-0.05, 0) is 50.4 Å². The maximum absolute atomic E-state index is 12.3. The molecule has 0 saturated carbocycles. The van der Waals surface area contributed by atoms with E-state index in [0.29, 0.717) is 17.8 Å². The third-order valence-corrected chi connectivity index (χ3v) is 4.73. The number of carbonyl (C=O) groups is 2.